The number of rotatable bonds is 1. The monoisotopic (exact) mass is 226 g/mol. The fraction of sp³-hybridized carbons (Fsp3) is 0.400. The third kappa shape index (κ3) is 2.05. The summed E-state index contributed by atoms with van der Waals surface area (Å²) in [6.07, 6.45) is 4.52. The van der Waals surface area contributed by atoms with Crippen molar-refractivity contribution < 1.29 is 0 Å². The molecule has 1 aliphatic rings. The number of fused-ring (bicyclic) bond motifs is 1. The Morgan fingerprint density at radius 2 is 2.29 bits per heavy atom. The first kappa shape index (κ1) is 10.7. The molecular weight excluding hydrogens is 208 g/mol. The number of piperidine rings is 1. The maximum Gasteiger partial charge on any atom is 0.0737 e. The van der Waals surface area contributed by atoms with Crippen molar-refractivity contribution in [2.75, 3.05) is 13.1 Å². The first-order chi connectivity index (χ1) is 8.34. The number of benzene rings is 1. The topological polar surface area (TPSA) is 24.9 Å². The molecule has 0 spiro atoms. The Balaban J connectivity index is 2.09. The zero-order valence-electron chi connectivity index (χ0n) is 10.2. The van der Waals surface area contributed by atoms with Gasteiger partial charge in [0.1, 0.15) is 0 Å². The van der Waals surface area contributed by atoms with Crippen LogP contribution in [0.25, 0.3) is 10.9 Å². The minimum atomic E-state index is 0.627. The van der Waals surface area contributed by atoms with E-state index in [2.05, 4.69) is 41.5 Å². The molecule has 2 heterocycles. The zero-order chi connectivity index (χ0) is 11.7. The van der Waals surface area contributed by atoms with E-state index < -0.39 is 0 Å². The van der Waals surface area contributed by atoms with Gasteiger partial charge in [0.2, 0.25) is 0 Å². The second-order valence-electron chi connectivity index (χ2n) is 4.97. The van der Waals surface area contributed by atoms with Gasteiger partial charge < -0.3 is 5.32 Å². The Morgan fingerprint density at radius 1 is 1.35 bits per heavy atom. The molecule has 1 aliphatic heterocycles. The summed E-state index contributed by atoms with van der Waals surface area (Å²) < 4.78 is 0. The molecule has 88 valence electrons. The van der Waals surface area contributed by atoms with Crippen molar-refractivity contribution in [2.45, 2.75) is 25.7 Å². The van der Waals surface area contributed by atoms with E-state index in [9.17, 15) is 0 Å². The van der Waals surface area contributed by atoms with Crippen molar-refractivity contribution in [3.8, 4) is 0 Å². The first-order valence-electron chi connectivity index (χ1n) is 6.40. The SMILES string of the molecule is Cc1cnc2c(C3CCCNC3)cccc2c1. The lowest BCUT2D eigenvalue weighted by atomic mass is 9.90. The second kappa shape index (κ2) is 4.46. The summed E-state index contributed by atoms with van der Waals surface area (Å²) in [7, 11) is 0. The molecule has 2 aromatic rings. The molecule has 1 aromatic heterocycles. The Bertz CT molecular complexity index is 527. The van der Waals surface area contributed by atoms with Crippen LogP contribution in [0.4, 0.5) is 0 Å². The summed E-state index contributed by atoms with van der Waals surface area (Å²) in [6.45, 7) is 4.35. The molecule has 1 aromatic carbocycles. The summed E-state index contributed by atoms with van der Waals surface area (Å²) in [5.74, 6) is 0.627. The van der Waals surface area contributed by atoms with Gasteiger partial charge in [-0.2, -0.15) is 0 Å². The molecule has 2 nitrogen and oxygen atoms in total. The molecule has 17 heavy (non-hydrogen) atoms. The number of aromatic nitrogens is 1. The Labute approximate surface area is 102 Å². The number of aryl methyl sites for hydroxylation is 1. The van der Waals surface area contributed by atoms with E-state index in [1.807, 2.05) is 6.20 Å². The van der Waals surface area contributed by atoms with Gasteiger partial charge in [-0.25, -0.2) is 0 Å². The van der Waals surface area contributed by atoms with Crippen LogP contribution < -0.4 is 5.32 Å². The van der Waals surface area contributed by atoms with Crippen molar-refractivity contribution in [3.05, 3.63) is 41.6 Å². The molecule has 3 rings (SSSR count). The molecule has 1 fully saturated rings. The molecule has 1 atom stereocenters. The van der Waals surface area contributed by atoms with Gasteiger partial charge in [-0.1, -0.05) is 18.2 Å². The summed E-state index contributed by atoms with van der Waals surface area (Å²) in [5, 5.41) is 4.75. The van der Waals surface area contributed by atoms with Crippen molar-refractivity contribution in [1.82, 2.24) is 10.3 Å². The van der Waals surface area contributed by atoms with Gasteiger partial charge in [-0.15, -0.1) is 0 Å². The van der Waals surface area contributed by atoms with E-state index in [0.29, 0.717) is 5.92 Å². The van der Waals surface area contributed by atoms with Gasteiger partial charge >= 0.3 is 0 Å². The van der Waals surface area contributed by atoms with Gasteiger partial charge in [0.25, 0.3) is 0 Å². The Hall–Kier alpha value is -1.41. The molecule has 0 bridgehead atoms. The minimum Gasteiger partial charge on any atom is -0.316 e. The maximum absolute atomic E-state index is 4.63. The summed E-state index contributed by atoms with van der Waals surface area (Å²) in [6, 6.07) is 8.78. The van der Waals surface area contributed by atoms with E-state index in [0.717, 1.165) is 13.1 Å². The number of nitrogens with one attached hydrogen (secondary N) is 1. The van der Waals surface area contributed by atoms with Gasteiger partial charge in [0, 0.05) is 18.1 Å². The molecule has 1 saturated heterocycles. The van der Waals surface area contributed by atoms with Crippen LogP contribution in [0.15, 0.2) is 30.5 Å². The molecule has 0 radical (unpaired) electrons. The standard InChI is InChI=1S/C15H18N2/c1-11-8-12-4-2-6-14(15(12)17-9-11)13-5-3-7-16-10-13/h2,4,6,8-9,13,16H,3,5,7,10H2,1H3. The lowest BCUT2D eigenvalue weighted by molar-refractivity contribution is 0.463. The third-order valence-corrected chi connectivity index (χ3v) is 3.62. The molecular formula is C15H18N2. The third-order valence-electron chi connectivity index (χ3n) is 3.62. The van der Waals surface area contributed by atoms with Crippen LogP contribution in [0, 0.1) is 6.92 Å². The highest BCUT2D eigenvalue weighted by Crippen LogP contribution is 2.28. The Kier molecular flexibility index (Phi) is 2.81. The van der Waals surface area contributed by atoms with Gasteiger partial charge in [-0.3, -0.25) is 4.98 Å². The fourth-order valence-electron chi connectivity index (χ4n) is 2.74. The molecule has 0 saturated carbocycles. The molecule has 0 aliphatic carbocycles. The van der Waals surface area contributed by atoms with Gasteiger partial charge in [0.05, 0.1) is 5.52 Å². The van der Waals surface area contributed by atoms with Crippen LogP contribution in [-0.4, -0.2) is 18.1 Å². The van der Waals surface area contributed by atoms with Crippen LogP contribution >= 0.6 is 0 Å². The van der Waals surface area contributed by atoms with E-state index in [1.165, 1.54) is 34.9 Å². The normalized spacial score (nSPS) is 20.6. The first-order valence-corrected chi connectivity index (χ1v) is 6.40. The van der Waals surface area contributed by atoms with Gasteiger partial charge in [0.15, 0.2) is 0 Å². The van der Waals surface area contributed by atoms with Crippen LogP contribution in [0.3, 0.4) is 0 Å². The summed E-state index contributed by atoms with van der Waals surface area (Å²) in [5.41, 5.74) is 3.83. The maximum atomic E-state index is 4.63. The predicted octanol–water partition coefficient (Wildman–Crippen LogP) is 3.01. The Morgan fingerprint density at radius 3 is 3.12 bits per heavy atom. The van der Waals surface area contributed by atoms with Crippen molar-refractivity contribution in [3.63, 3.8) is 0 Å². The molecule has 0 amide bonds. The largest absolute Gasteiger partial charge is 0.316 e. The molecule has 1 N–H and O–H groups in total. The smallest absolute Gasteiger partial charge is 0.0737 e. The highest BCUT2D eigenvalue weighted by Gasteiger charge is 2.17. The highest BCUT2D eigenvalue weighted by atomic mass is 14.9. The minimum absolute atomic E-state index is 0.627. The second-order valence-corrected chi connectivity index (χ2v) is 4.97. The van der Waals surface area contributed by atoms with E-state index >= 15 is 0 Å². The van der Waals surface area contributed by atoms with Gasteiger partial charge in [-0.05, 0) is 49.4 Å². The predicted molar refractivity (Wildman–Crippen MR) is 71.3 cm³/mol. The molecule has 1 unspecified atom stereocenters. The number of pyridine rings is 1. The van der Waals surface area contributed by atoms with E-state index in [1.54, 1.807) is 0 Å². The van der Waals surface area contributed by atoms with Crippen molar-refractivity contribution in [2.24, 2.45) is 0 Å². The number of hydrogen-bond acceptors (Lipinski definition) is 2. The zero-order valence-corrected chi connectivity index (χ0v) is 10.2. The van der Waals surface area contributed by atoms with Crippen LogP contribution in [0.1, 0.15) is 29.9 Å². The fourth-order valence-corrected chi connectivity index (χ4v) is 2.74. The number of hydrogen-bond donors (Lipinski definition) is 1. The summed E-state index contributed by atoms with van der Waals surface area (Å²) in [4.78, 5) is 4.63. The quantitative estimate of drug-likeness (QED) is 0.808. The number of para-hydroxylation sites is 1. The highest BCUT2D eigenvalue weighted by molar-refractivity contribution is 5.82. The van der Waals surface area contributed by atoms with Crippen LogP contribution in [-0.2, 0) is 0 Å². The average molecular weight is 226 g/mol. The average Bonchev–Trinajstić information content (AvgIpc) is 2.39. The van der Waals surface area contributed by atoms with Crippen LogP contribution in [0.2, 0.25) is 0 Å². The van der Waals surface area contributed by atoms with E-state index in [-0.39, 0.29) is 0 Å². The number of nitrogens with zero attached hydrogens (tertiary/aromatic N) is 1. The summed E-state index contributed by atoms with van der Waals surface area (Å²) >= 11 is 0. The van der Waals surface area contributed by atoms with Crippen molar-refractivity contribution in [1.29, 1.82) is 0 Å². The van der Waals surface area contributed by atoms with Crippen molar-refractivity contribution >= 4 is 10.9 Å². The van der Waals surface area contributed by atoms with Crippen LogP contribution in [0.5, 0.6) is 0 Å². The molecule has 2 heteroatoms. The lowest BCUT2D eigenvalue weighted by Crippen LogP contribution is -2.28. The lowest BCUT2D eigenvalue weighted by Gasteiger charge is -2.23. The van der Waals surface area contributed by atoms with E-state index in [4.69, 9.17) is 0 Å².